The molecule has 0 heterocycles. The van der Waals surface area contributed by atoms with Gasteiger partial charge in [0.2, 0.25) is 0 Å². The van der Waals surface area contributed by atoms with Crippen LogP contribution < -0.4 is 5.32 Å². The highest BCUT2D eigenvalue weighted by molar-refractivity contribution is 5.11. The van der Waals surface area contributed by atoms with E-state index in [1.54, 1.807) is 5.57 Å². The summed E-state index contributed by atoms with van der Waals surface area (Å²) in [6, 6.07) is 0. The molecule has 94 valence electrons. The standard InChI is InChI=1S/C15H29N/c1-4-13(3)11-15(12-16-5-2)14-9-7-6-8-10-14/h11,13-14,16H,4-10,12H2,1-3H3. The molecule has 0 aliphatic heterocycles. The van der Waals surface area contributed by atoms with Crippen LogP contribution in [0, 0.1) is 11.8 Å². The summed E-state index contributed by atoms with van der Waals surface area (Å²) in [4.78, 5) is 0. The SMILES string of the molecule is CCNCC(=CC(C)CC)C1CCCCC1. The van der Waals surface area contributed by atoms with Crippen LogP contribution >= 0.6 is 0 Å². The van der Waals surface area contributed by atoms with Crippen molar-refractivity contribution in [2.45, 2.75) is 59.3 Å². The second-order valence-electron chi connectivity index (χ2n) is 5.24. The average Bonchev–Trinajstić information content (AvgIpc) is 2.35. The fourth-order valence-electron chi connectivity index (χ4n) is 2.57. The van der Waals surface area contributed by atoms with E-state index < -0.39 is 0 Å². The minimum Gasteiger partial charge on any atom is -0.313 e. The highest BCUT2D eigenvalue weighted by atomic mass is 14.8. The maximum atomic E-state index is 3.51. The first-order valence-electron chi connectivity index (χ1n) is 7.19. The monoisotopic (exact) mass is 223 g/mol. The number of rotatable bonds is 6. The van der Waals surface area contributed by atoms with E-state index in [1.165, 1.54) is 38.5 Å². The van der Waals surface area contributed by atoms with E-state index in [1.807, 2.05) is 0 Å². The lowest BCUT2D eigenvalue weighted by molar-refractivity contribution is 0.392. The summed E-state index contributed by atoms with van der Waals surface area (Å²) < 4.78 is 0. The lowest BCUT2D eigenvalue weighted by atomic mass is 9.82. The molecule has 1 fully saturated rings. The summed E-state index contributed by atoms with van der Waals surface area (Å²) in [6.45, 7) is 9.03. The van der Waals surface area contributed by atoms with Crippen LogP contribution in [-0.4, -0.2) is 13.1 Å². The van der Waals surface area contributed by atoms with E-state index in [2.05, 4.69) is 32.2 Å². The topological polar surface area (TPSA) is 12.0 Å². The first-order chi connectivity index (χ1) is 7.77. The van der Waals surface area contributed by atoms with E-state index in [0.29, 0.717) is 0 Å². The lowest BCUT2D eigenvalue weighted by Crippen LogP contribution is -2.22. The Bertz CT molecular complexity index is 201. The molecule has 1 aliphatic carbocycles. The Kier molecular flexibility index (Phi) is 6.79. The molecule has 1 nitrogen and oxygen atoms in total. The van der Waals surface area contributed by atoms with Gasteiger partial charge in [0.15, 0.2) is 0 Å². The second-order valence-corrected chi connectivity index (χ2v) is 5.24. The molecule has 16 heavy (non-hydrogen) atoms. The van der Waals surface area contributed by atoms with Gasteiger partial charge in [0, 0.05) is 6.54 Å². The van der Waals surface area contributed by atoms with Crippen LogP contribution in [0.2, 0.25) is 0 Å². The van der Waals surface area contributed by atoms with Crippen molar-refractivity contribution in [2.75, 3.05) is 13.1 Å². The summed E-state index contributed by atoms with van der Waals surface area (Å²) in [5.74, 6) is 1.62. The summed E-state index contributed by atoms with van der Waals surface area (Å²) in [6.07, 6.45) is 11.0. The van der Waals surface area contributed by atoms with Crippen LogP contribution in [0.1, 0.15) is 59.3 Å². The van der Waals surface area contributed by atoms with Crippen molar-refractivity contribution in [1.29, 1.82) is 0 Å². The molecule has 1 rings (SSSR count). The maximum absolute atomic E-state index is 3.51. The van der Waals surface area contributed by atoms with Crippen LogP contribution in [0.3, 0.4) is 0 Å². The Hall–Kier alpha value is -0.300. The fraction of sp³-hybridized carbons (Fsp3) is 0.867. The molecule has 0 aromatic rings. The zero-order valence-electron chi connectivity index (χ0n) is 11.4. The number of likely N-dealkylation sites (N-methyl/N-ethyl adjacent to an activating group) is 1. The van der Waals surface area contributed by atoms with Gasteiger partial charge in [0.05, 0.1) is 0 Å². The molecule has 1 saturated carbocycles. The quantitative estimate of drug-likeness (QED) is 0.667. The molecule has 0 spiro atoms. The average molecular weight is 223 g/mol. The van der Waals surface area contributed by atoms with E-state index in [4.69, 9.17) is 0 Å². The zero-order chi connectivity index (χ0) is 11.8. The molecule has 1 heteroatoms. The number of allylic oxidation sites excluding steroid dienone is 1. The first-order valence-corrected chi connectivity index (χ1v) is 7.19. The third-order valence-corrected chi connectivity index (χ3v) is 3.85. The highest BCUT2D eigenvalue weighted by Crippen LogP contribution is 2.30. The Morgan fingerprint density at radius 3 is 2.50 bits per heavy atom. The van der Waals surface area contributed by atoms with Gasteiger partial charge in [0.1, 0.15) is 0 Å². The molecule has 1 aliphatic rings. The van der Waals surface area contributed by atoms with Gasteiger partial charge >= 0.3 is 0 Å². The lowest BCUT2D eigenvalue weighted by Gasteiger charge is -2.25. The minimum atomic E-state index is 0.746. The van der Waals surface area contributed by atoms with Crippen molar-refractivity contribution >= 4 is 0 Å². The van der Waals surface area contributed by atoms with E-state index in [9.17, 15) is 0 Å². The van der Waals surface area contributed by atoms with E-state index in [-0.39, 0.29) is 0 Å². The third-order valence-electron chi connectivity index (χ3n) is 3.85. The van der Waals surface area contributed by atoms with Crippen LogP contribution in [0.5, 0.6) is 0 Å². The van der Waals surface area contributed by atoms with Gasteiger partial charge in [-0.05, 0) is 31.2 Å². The van der Waals surface area contributed by atoms with Crippen molar-refractivity contribution in [1.82, 2.24) is 5.32 Å². The fourth-order valence-corrected chi connectivity index (χ4v) is 2.57. The first kappa shape index (κ1) is 13.8. The summed E-state index contributed by atoms with van der Waals surface area (Å²) in [7, 11) is 0. The van der Waals surface area contributed by atoms with Gasteiger partial charge in [-0.25, -0.2) is 0 Å². The van der Waals surface area contributed by atoms with Crippen molar-refractivity contribution in [3.63, 3.8) is 0 Å². The molecular formula is C15H29N. The summed E-state index contributed by atoms with van der Waals surface area (Å²) in [5, 5.41) is 3.51. The molecule has 0 radical (unpaired) electrons. The van der Waals surface area contributed by atoms with Gasteiger partial charge in [-0.1, -0.05) is 58.1 Å². The van der Waals surface area contributed by atoms with E-state index >= 15 is 0 Å². The van der Waals surface area contributed by atoms with Crippen LogP contribution in [0.4, 0.5) is 0 Å². The van der Waals surface area contributed by atoms with Gasteiger partial charge in [-0.15, -0.1) is 0 Å². The smallest absolute Gasteiger partial charge is 0.0167 e. The maximum Gasteiger partial charge on any atom is 0.0167 e. The van der Waals surface area contributed by atoms with Gasteiger partial charge in [-0.3, -0.25) is 0 Å². The number of hydrogen-bond acceptors (Lipinski definition) is 1. The molecule has 1 atom stereocenters. The van der Waals surface area contributed by atoms with Crippen LogP contribution in [0.15, 0.2) is 11.6 Å². The Balaban J connectivity index is 2.57. The molecule has 0 aromatic heterocycles. The Morgan fingerprint density at radius 1 is 1.25 bits per heavy atom. The Labute approximate surface area is 102 Å². The third kappa shape index (κ3) is 4.69. The Morgan fingerprint density at radius 2 is 1.94 bits per heavy atom. The van der Waals surface area contributed by atoms with Crippen molar-refractivity contribution in [3.05, 3.63) is 11.6 Å². The largest absolute Gasteiger partial charge is 0.313 e. The number of hydrogen-bond donors (Lipinski definition) is 1. The summed E-state index contributed by atoms with van der Waals surface area (Å²) >= 11 is 0. The molecular weight excluding hydrogens is 194 g/mol. The van der Waals surface area contributed by atoms with Crippen molar-refractivity contribution in [3.8, 4) is 0 Å². The van der Waals surface area contributed by atoms with Crippen molar-refractivity contribution < 1.29 is 0 Å². The number of nitrogens with one attached hydrogen (secondary N) is 1. The molecule has 1 unspecified atom stereocenters. The predicted molar refractivity (Wildman–Crippen MR) is 72.7 cm³/mol. The van der Waals surface area contributed by atoms with Gasteiger partial charge in [-0.2, -0.15) is 0 Å². The normalized spacial score (nSPS) is 21.1. The van der Waals surface area contributed by atoms with Gasteiger partial charge in [0.25, 0.3) is 0 Å². The highest BCUT2D eigenvalue weighted by Gasteiger charge is 2.17. The zero-order valence-corrected chi connectivity index (χ0v) is 11.4. The van der Waals surface area contributed by atoms with Gasteiger partial charge < -0.3 is 5.32 Å². The van der Waals surface area contributed by atoms with Crippen molar-refractivity contribution in [2.24, 2.45) is 11.8 Å². The molecule has 0 saturated heterocycles. The summed E-state index contributed by atoms with van der Waals surface area (Å²) in [5.41, 5.74) is 1.69. The minimum absolute atomic E-state index is 0.746. The molecule has 0 amide bonds. The second kappa shape index (κ2) is 7.89. The van der Waals surface area contributed by atoms with Crippen LogP contribution in [-0.2, 0) is 0 Å². The molecule has 0 aromatic carbocycles. The van der Waals surface area contributed by atoms with Crippen LogP contribution in [0.25, 0.3) is 0 Å². The molecule has 1 N–H and O–H groups in total. The molecule has 0 bridgehead atoms. The van der Waals surface area contributed by atoms with E-state index in [0.717, 1.165) is 24.9 Å². The predicted octanol–water partition coefficient (Wildman–Crippen LogP) is 4.15.